The Kier molecular flexibility index (Phi) is 7.74. The molecule has 2 nitrogen and oxygen atoms in total. The highest BCUT2D eigenvalue weighted by molar-refractivity contribution is 7.97. The lowest BCUT2D eigenvalue weighted by Crippen LogP contribution is -2.26. The Morgan fingerprint density at radius 2 is 1.91 bits per heavy atom. The first-order valence-corrected chi connectivity index (χ1v) is 9.27. The zero-order chi connectivity index (χ0) is 16.7. The number of likely N-dealkylation sites (N-methyl/N-ethyl adjacent to an activating group) is 1. The molecule has 0 saturated heterocycles. The van der Waals surface area contributed by atoms with Crippen molar-refractivity contribution >= 4 is 35.1 Å². The molecular weight excluding hydrogens is 347 g/mol. The minimum Gasteiger partial charge on any atom is -0.302 e. The number of benzene rings is 2. The summed E-state index contributed by atoms with van der Waals surface area (Å²) in [5, 5.41) is 1.54. The van der Waals surface area contributed by atoms with Crippen molar-refractivity contribution in [2.24, 2.45) is 0 Å². The van der Waals surface area contributed by atoms with Gasteiger partial charge in [-0.1, -0.05) is 48.3 Å². The van der Waals surface area contributed by atoms with Gasteiger partial charge in [0.1, 0.15) is 0 Å². The summed E-state index contributed by atoms with van der Waals surface area (Å²) in [7, 11) is 2.11. The van der Waals surface area contributed by atoms with Crippen LogP contribution in [0.1, 0.15) is 18.1 Å². The van der Waals surface area contributed by atoms with Gasteiger partial charge in [-0.3, -0.25) is 4.72 Å². The van der Waals surface area contributed by atoms with Crippen molar-refractivity contribution in [3.8, 4) is 0 Å². The number of hydrogen-bond acceptors (Lipinski definition) is 3. The Bertz CT molecular complexity index is 620. The van der Waals surface area contributed by atoms with Crippen LogP contribution in [0.15, 0.2) is 47.4 Å². The van der Waals surface area contributed by atoms with E-state index < -0.39 is 0 Å². The van der Waals surface area contributed by atoms with E-state index in [1.165, 1.54) is 16.0 Å². The van der Waals surface area contributed by atoms with Crippen LogP contribution in [0.25, 0.3) is 0 Å². The molecule has 1 N–H and O–H groups in total. The predicted molar refractivity (Wildman–Crippen MR) is 102 cm³/mol. The molecule has 5 heteroatoms. The fraction of sp³-hybridized carbons (Fsp3) is 0.333. The highest BCUT2D eigenvalue weighted by atomic mass is 35.5. The fourth-order valence-electron chi connectivity index (χ4n) is 2.36. The number of nitrogens with zero attached hydrogens (tertiary/aromatic N) is 1. The number of rotatable bonds is 3. The minimum atomic E-state index is 0.744. The largest absolute Gasteiger partial charge is 0.302 e. The average Bonchev–Trinajstić information content (AvgIpc) is 2.55. The van der Waals surface area contributed by atoms with Crippen molar-refractivity contribution in [2.45, 2.75) is 24.8 Å². The van der Waals surface area contributed by atoms with E-state index in [9.17, 15) is 0 Å². The third-order valence-corrected chi connectivity index (χ3v) is 5.02. The zero-order valence-corrected chi connectivity index (χ0v) is 15.8. The standard InChI is InChI=1S/C10H11Cl2N.C8H11NS/c1-13-3-2-7-4-8(11)5-10(12)9(7)6-13;1-2-9-10-8-6-4-3-5-7-8/h4-5H,2-3,6H2,1H3;3-7,9H,2H2,1H3. The van der Waals surface area contributed by atoms with Crippen LogP contribution in [0.4, 0.5) is 0 Å². The van der Waals surface area contributed by atoms with Gasteiger partial charge in [0.25, 0.3) is 0 Å². The van der Waals surface area contributed by atoms with Gasteiger partial charge < -0.3 is 4.90 Å². The van der Waals surface area contributed by atoms with Gasteiger partial charge in [-0.05, 0) is 60.8 Å². The van der Waals surface area contributed by atoms with E-state index in [1.54, 1.807) is 11.9 Å². The van der Waals surface area contributed by atoms with E-state index in [1.807, 2.05) is 30.3 Å². The van der Waals surface area contributed by atoms with Crippen molar-refractivity contribution in [2.75, 3.05) is 20.1 Å². The molecule has 0 radical (unpaired) electrons. The predicted octanol–water partition coefficient (Wildman–Crippen LogP) is 5.28. The molecule has 2 aromatic rings. The molecule has 0 saturated carbocycles. The van der Waals surface area contributed by atoms with Crippen LogP contribution >= 0.6 is 35.1 Å². The molecule has 0 aromatic heterocycles. The van der Waals surface area contributed by atoms with Gasteiger partial charge in [-0.2, -0.15) is 0 Å². The number of hydrogen-bond donors (Lipinski definition) is 1. The van der Waals surface area contributed by atoms with Crippen LogP contribution in [0, 0.1) is 0 Å². The Balaban J connectivity index is 0.000000174. The molecule has 0 spiro atoms. The lowest BCUT2D eigenvalue weighted by molar-refractivity contribution is 0.313. The Morgan fingerprint density at radius 1 is 1.17 bits per heavy atom. The second-order valence-corrected chi connectivity index (χ2v) is 7.23. The van der Waals surface area contributed by atoms with Gasteiger partial charge in [-0.25, -0.2) is 0 Å². The summed E-state index contributed by atoms with van der Waals surface area (Å²) in [5.74, 6) is 0. The van der Waals surface area contributed by atoms with Crippen molar-refractivity contribution < 1.29 is 0 Å². The van der Waals surface area contributed by atoms with Gasteiger partial charge >= 0.3 is 0 Å². The van der Waals surface area contributed by atoms with E-state index in [2.05, 4.69) is 35.7 Å². The number of nitrogens with one attached hydrogen (secondary N) is 1. The van der Waals surface area contributed by atoms with Crippen LogP contribution in [-0.2, 0) is 13.0 Å². The first-order valence-electron chi connectivity index (χ1n) is 7.70. The first kappa shape index (κ1) is 18.6. The number of fused-ring (bicyclic) bond motifs is 1. The second kappa shape index (κ2) is 9.55. The van der Waals surface area contributed by atoms with Crippen molar-refractivity contribution in [1.29, 1.82) is 0 Å². The topological polar surface area (TPSA) is 15.3 Å². The summed E-state index contributed by atoms with van der Waals surface area (Å²) in [6.45, 7) is 5.12. The highest BCUT2D eigenvalue weighted by Crippen LogP contribution is 2.29. The van der Waals surface area contributed by atoms with Crippen LogP contribution in [-0.4, -0.2) is 25.0 Å². The fourth-order valence-corrected chi connectivity index (χ4v) is 3.56. The monoisotopic (exact) mass is 368 g/mol. The average molecular weight is 369 g/mol. The third-order valence-electron chi connectivity index (χ3n) is 3.52. The van der Waals surface area contributed by atoms with Crippen LogP contribution in [0.5, 0.6) is 0 Å². The molecule has 1 aliphatic rings. The zero-order valence-electron chi connectivity index (χ0n) is 13.5. The number of halogens is 2. The van der Waals surface area contributed by atoms with Gasteiger partial charge in [0.05, 0.1) is 0 Å². The molecule has 0 bridgehead atoms. The second-order valence-electron chi connectivity index (χ2n) is 5.43. The first-order chi connectivity index (χ1) is 11.1. The molecule has 1 heterocycles. The molecule has 3 rings (SSSR count). The SMILES string of the molecule is CCNSc1ccccc1.CN1CCc2cc(Cl)cc(Cl)c2C1. The van der Waals surface area contributed by atoms with Gasteiger partial charge in [-0.15, -0.1) is 0 Å². The molecule has 0 unspecified atom stereocenters. The molecule has 0 amide bonds. The molecule has 0 fully saturated rings. The van der Waals surface area contributed by atoms with Crippen molar-refractivity contribution in [3.05, 3.63) is 63.6 Å². The summed E-state index contributed by atoms with van der Waals surface area (Å²) in [6.07, 6.45) is 1.05. The smallest absolute Gasteiger partial charge is 0.0468 e. The van der Waals surface area contributed by atoms with E-state index in [-0.39, 0.29) is 0 Å². The van der Waals surface area contributed by atoms with Crippen molar-refractivity contribution in [1.82, 2.24) is 9.62 Å². The Morgan fingerprint density at radius 3 is 2.61 bits per heavy atom. The van der Waals surface area contributed by atoms with E-state index in [0.717, 1.165) is 36.1 Å². The van der Waals surface area contributed by atoms with Crippen molar-refractivity contribution in [3.63, 3.8) is 0 Å². The highest BCUT2D eigenvalue weighted by Gasteiger charge is 2.16. The summed E-state index contributed by atoms with van der Waals surface area (Å²) in [4.78, 5) is 3.53. The Hall–Kier alpha value is -0.710. The summed E-state index contributed by atoms with van der Waals surface area (Å²) in [5.41, 5.74) is 2.54. The molecule has 0 aliphatic carbocycles. The molecule has 2 aromatic carbocycles. The van der Waals surface area contributed by atoms with Gasteiger partial charge in [0.2, 0.25) is 0 Å². The maximum Gasteiger partial charge on any atom is 0.0468 e. The molecule has 124 valence electrons. The van der Waals surface area contributed by atoms with E-state index >= 15 is 0 Å². The molecule has 0 atom stereocenters. The third kappa shape index (κ3) is 6.02. The minimum absolute atomic E-state index is 0.744. The lowest BCUT2D eigenvalue weighted by Gasteiger charge is -2.25. The van der Waals surface area contributed by atoms with Crippen LogP contribution < -0.4 is 4.72 Å². The Labute approximate surface area is 153 Å². The molecular formula is C18H22Cl2N2S. The molecule has 23 heavy (non-hydrogen) atoms. The summed E-state index contributed by atoms with van der Waals surface area (Å²) >= 11 is 13.7. The summed E-state index contributed by atoms with van der Waals surface area (Å²) in [6, 6.07) is 14.1. The normalized spacial score (nSPS) is 13.9. The quantitative estimate of drug-likeness (QED) is 0.741. The van der Waals surface area contributed by atoms with E-state index in [4.69, 9.17) is 23.2 Å². The summed E-state index contributed by atoms with van der Waals surface area (Å²) < 4.78 is 3.18. The lowest BCUT2D eigenvalue weighted by atomic mass is 10.0. The van der Waals surface area contributed by atoms with Gasteiger partial charge in [0.15, 0.2) is 0 Å². The molecule has 1 aliphatic heterocycles. The van der Waals surface area contributed by atoms with E-state index in [0.29, 0.717) is 0 Å². The van der Waals surface area contributed by atoms with Crippen LogP contribution in [0.3, 0.4) is 0 Å². The maximum absolute atomic E-state index is 6.10. The van der Waals surface area contributed by atoms with Gasteiger partial charge in [0, 0.05) is 34.6 Å². The van der Waals surface area contributed by atoms with Crippen LogP contribution in [0.2, 0.25) is 10.0 Å². The maximum atomic E-state index is 6.10.